The summed E-state index contributed by atoms with van der Waals surface area (Å²) in [5, 5.41) is 0. The van der Waals surface area contributed by atoms with Gasteiger partial charge in [-0.1, -0.05) is 60.7 Å². The van der Waals surface area contributed by atoms with Gasteiger partial charge in [-0.05, 0) is 30.2 Å². The van der Waals surface area contributed by atoms with E-state index in [-0.39, 0.29) is 5.56 Å². The topological polar surface area (TPSA) is 3.24 Å². The van der Waals surface area contributed by atoms with Crippen molar-refractivity contribution in [2.45, 2.75) is 20.0 Å². The molecule has 1 nitrogen and oxygen atoms in total. The SMILES string of the molecule is Cc1c(F)cc(N(Cc2ccccc2)Cc2ccccc2)cc1F. The predicted molar refractivity (Wildman–Crippen MR) is 93.9 cm³/mol. The molecule has 3 aromatic carbocycles. The van der Waals surface area contributed by atoms with Crippen molar-refractivity contribution in [1.29, 1.82) is 0 Å². The summed E-state index contributed by atoms with van der Waals surface area (Å²) in [4.78, 5) is 1.98. The van der Waals surface area contributed by atoms with E-state index in [1.807, 2.05) is 65.6 Å². The van der Waals surface area contributed by atoms with E-state index in [1.165, 1.54) is 19.1 Å². The molecular weight excluding hydrogens is 304 g/mol. The highest BCUT2D eigenvalue weighted by Gasteiger charge is 2.13. The maximum atomic E-state index is 14.0. The van der Waals surface area contributed by atoms with Gasteiger partial charge < -0.3 is 4.90 Å². The fourth-order valence-corrected chi connectivity index (χ4v) is 2.66. The van der Waals surface area contributed by atoms with Gasteiger partial charge in [-0.3, -0.25) is 0 Å². The molecule has 0 aliphatic carbocycles. The summed E-state index contributed by atoms with van der Waals surface area (Å²) in [5.41, 5.74) is 2.78. The molecule has 0 heterocycles. The Kier molecular flexibility index (Phi) is 4.90. The van der Waals surface area contributed by atoms with Gasteiger partial charge in [0.2, 0.25) is 0 Å². The number of anilines is 1. The molecule has 0 radical (unpaired) electrons. The first-order valence-corrected chi connectivity index (χ1v) is 7.92. The first kappa shape index (κ1) is 16.2. The monoisotopic (exact) mass is 323 g/mol. The molecule has 0 amide bonds. The smallest absolute Gasteiger partial charge is 0.131 e. The molecule has 0 spiro atoms. The van der Waals surface area contributed by atoms with Gasteiger partial charge in [0.05, 0.1) is 0 Å². The number of nitrogens with zero attached hydrogens (tertiary/aromatic N) is 1. The van der Waals surface area contributed by atoms with Gasteiger partial charge in [0.25, 0.3) is 0 Å². The van der Waals surface area contributed by atoms with E-state index in [1.54, 1.807) is 0 Å². The molecule has 0 unspecified atom stereocenters. The van der Waals surface area contributed by atoms with Crippen LogP contribution in [0.3, 0.4) is 0 Å². The molecule has 3 aromatic rings. The van der Waals surface area contributed by atoms with E-state index in [0.717, 1.165) is 11.1 Å². The molecule has 0 atom stereocenters. The van der Waals surface area contributed by atoms with Crippen LogP contribution in [0.5, 0.6) is 0 Å². The molecule has 0 N–H and O–H groups in total. The molecule has 3 heteroatoms. The zero-order chi connectivity index (χ0) is 16.9. The lowest BCUT2D eigenvalue weighted by atomic mass is 10.1. The Labute approximate surface area is 141 Å². The lowest BCUT2D eigenvalue weighted by molar-refractivity contribution is 0.566. The molecule has 24 heavy (non-hydrogen) atoms. The third-order valence-electron chi connectivity index (χ3n) is 4.06. The highest BCUT2D eigenvalue weighted by Crippen LogP contribution is 2.25. The Bertz CT molecular complexity index is 736. The van der Waals surface area contributed by atoms with Gasteiger partial charge in [0.15, 0.2) is 0 Å². The predicted octanol–water partition coefficient (Wildman–Crippen LogP) is 5.48. The molecule has 3 rings (SSSR count). The van der Waals surface area contributed by atoms with Crippen LogP contribution < -0.4 is 4.90 Å². The van der Waals surface area contributed by atoms with Crippen molar-refractivity contribution < 1.29 is 8.78 Å². The summed E-state index contributed by atoms with van der Waals surface area (Å²) in [6, 6.07) is 22.6. The number of benzene rings is 3. The first-order valence-electron chi connectivity index (χ1n) is 7.92. The summed E-state index contributed by atoms with van der Waals surface area (Å²) in [6.45, 7) is 2.61. The van der Waals surface area contributed by atoms with Crippen molar-refractivity contribution in [3.63, 3.8) is 0 Å². The van der Waals surface area contributed by atoms with Crippen molar-refractivity contribution in [3.8, 4) is 0 Å². The van der Waals surface area contributed by atoms with Gasteiger partial charge in [0, 0.05) is 24.3 Å². The summed E-state index contributed by atoms with van der Waals surface area (Å²) < 4.78 is 28.0. The van der Waals surface area contributed by atoms with Crippen LogP contribution in [0, 0.1) is 18.6 Å². The Morgan fingerprint density at radius 3 is 1.54 bits per heavy atom. The van der Waals surface area contributed by atoms with Crippen LogP contribution in [-0.2, 0) is 13.1 Å². The Morgan fingerprint density at radius 1 is 0.708 bits per heavy atom. The highest BCUT2D eigenvalue weighted by atomic mass is 19.1. The second-order valence-corrected chi connectivity index (χ2v) is 5.86. The van der Waals surface area contributed by atoms with Crippen molar-refractivity contribution in [3.05, 3.63) is 101 Å². The van der Waals surface area contributed by atoms with Crippen molar-refractivity contribution >= 4 is 5.69 Å². The van der Waals surface area contributed by atoms with Crippen LogP contribution in [-0.4, -0.2) is 0 Å². The standard InChI is InChI=1S/C21H19F2N/c1-16-20(22)12-19(13-21(16)23)24(14-17-8-4-2-5-9-17)15-18-10-6-3-7-11-18/h2-13H,14-15H2,1H3. The number of rotatable bonds is 5. The van der Waals surface area contributed by atoms with Crippen LogP contribution in [0.1, 0.15) is 16.7 Å². The van der Waals surface area contributed by atoms with E-state index in [0.29, 0.717) is 18.8 Å². The Hall–Kier alpha value is -2.68. The second-order valence-electron chi connectivity index (χ2n) is 5.86. The number of halogens is 2. The maximum absolute atomic E-state index is 14.0. The lowest BCUT2D eigenvalue weighted by Gasteiger charge is -2.26. The van der Waals surface area contributed by atoms with Crippen molar-refractivity contribution in [1.82, 2.24) is 0 Å². The number of hydrogen-bond acceptors (Lipinski definition) is 1. The van der Waals surface area contributed by atoms with Crippen LogP contribution in [0.2, 0.25) is 0 Å². The second kappa shape index (κ2) is 7.26. The molecule has 0 aromatic heterocycles. The van der Waals surface area contributed by atoms with Gasteiger partial charge in [-0.15, -0.1) is 0 Å². The summed E-state index contributed by atoms with van der Waals surface area (Å²) in [6.07, 6.45) is 0. The minimum Gasteiger partial charge on any atom is -0.363 e. The third kappa shape index (κ3) is 3.80. The maximum Gasteiger partial charge on any atom is 0.131 e. The minimum atomic E-state index is -0.517. The quantitative estimate of drug-likeness (QED) is 0.601. The average Bonchev–Trinajstić information content (AvgIpc) is 2.60. The molecule has 0 saturated carbocycles. The normalized spacial score (nSPS) is 10.6. The summed E-state index contributed by atoms with van der Waals surface area (Å²) in [5.74, 6) is -1.03. The summed E-state index contributed by atoms with van der Waals surface area (Å²) in [7, 11) is 0. The van der Waals surface area contributed by atoms with Crippen LogP contribution >= 0.6 is 0 Å². The molecule has 0 fully saturated rings. The number of hydrogen-bond donors (Lipinski definition) is 0. The van der Waals surface area contributed by atoms with Crippen molar-refractivity contribution in [2.75, 3.05) is 4.90 Å². The molecule has 0 saturated heterocycles. The van der Waals surface area contributed by atoms with E-state index in [4.69, 9.17) is 0 Å². The fraction of sp³-hybridized carbons (Fsp3) is 0.143. The van der Waals surface area contributed by atoms with Gasteiger partial charge >= 0.3 is 0 Å². The minimum absolute atomic E-state index is 0.0538. The zero-order valence-electron chi connectivity index (χ0n) is 13.5. The molecule has 122 valence electrons. The van der Waals surface area contributed by atoms with E-state index >= 15 is 0 Å². The van der Waals surface area contributed by atoms with Gasteiger partial charge in [0.1, 0.15) is 11.6 Å². The largest absolute Gasteiger partial charge is 0.363 e. The van der Waals surface area contributed by atoms with Gasteiger partial charge in [-0.2, -0.15) is 0 Å². The lowest BCUT2D eigenvalue weighted by Crippen LogP contribution is -2.22. The molecule has 0 aliphatic rings. The van der Waals surface area contributed by atoms with Gasteiger partial charge in [-0.25, -0.2) is 8.78 Å². The van der Waals surface area contributed by atoms with E-state index < -0.39 is 11.6 Å². The zero-order valence-corrected chi connectivity index (χ0v) is 13.5. The highest BCUT2D eigenvalue weighted by molar-refractivity contribution is 5.50. The van der Waals surface area contributed by atoms with E-state index in [2.05, 4.69) is 0 Å². The van der Waals surface area contributed by atoms with Crippen molar-refractivity contribution in [2.24, 2.45) is 0 Å². The molecule has 0 aliphatic heterocycles. The fourth-order valence-electron chi connectivity index (χ4n) is 2.66. The summed E-state index contributed by atoms with van der Waals surface area (Å²) >= 11 is 0. The first-order chi connectivity index (χ1) is 11.6. The Balaban J connectivity index is 1.95. The third-order valence-corrected chi connectivity index (χ3v) is 4.06. The van der Waals surface area contributed by atoms with Crippen LogP contribution in [0.25, 0.3) is 0 Å². The van der Waals surface area contributed by atoms with Crippen LogP contribution in [0.15, 0.2) is 72.8 Å². The van der Waals surface area contributed by atoms with E-state index in [9.17, 15) is 8.78 Å². The molecular formula is C21H19F2N. The molecule has 0 bridgehead atoms. The average molecular weight is 323 g/mol. The van der Waals surface area contributed by atoms with Crippen LogP contribution in [0.4, 0.5) is 14.5 Å². The Morgan fingerprint density at radius 2 is 1.12 bits per heavy atom.